The van der Waals surface area contributed by atoms with Gasteiger partial charge in [-0.15, -0.1) is 0 Å². The molecule has 2 N–H and O–H groups in total. The van der Waals surface area contributed by atoms with Crippen LogP contribution >= 0.6 is 0 Å². The number of imidazole rings is 3. The van der Waals surface area contributed by atoms with Gasteiger partial charge in [0, 0.05) is 44.8 Å². The molecule has 0 spiro atoms. The molecule has 0 saturated heterocycles. The molecule has 38 heavy (non-hydrogen) atoms. The van der Waals surface area contributed by atoms with E-state index in [4.69, 9.17) is 0 Å². The van der Waals surface area contributed by atoms with Crippen molar-refractivity contribution in [1.29, 1.82) is 0 Å². The monoisotopic (exact) mass is 519 g/mol. The summed E-state index contributed by atoms with van der Waals surface area (Å²) < 4.78 is 4.61. The van der Waals surface area contributed by atoms with Crippen LogP contribution in [0.3, 0.4) is 0 Å². The largest absolute Gasteiger partial charge is 0.348 e. The third-order valence-corrected chi connectivity index (χ3v) is 7.24. The second kappa shape index (κ2) is 14.3. The van der Waals surface area contributed by atoms with Crippen LogP contribution in [0.15, 0.2) is 43.0 Å². The number of unbranched alkanes of at least 4 members (excludes halogenated alkanes) is 1. The van der Waals surface area contributed by atoms with Crippen molar-refractivity contribution in [2.45, 2.75) is 85.5 Å². The summed E-state index contributed by atoms with van der Waals surface area (Å²) in [6.45, 7) is 13.9. The number of nitrogens with zero attached hydrogens (tertiary/aromatic N) is 6. The van der Waals surface area contributed by atoms with Crippen molar-refractivity contribution < 1.29 is 4.57 Å². The lowest BCUT2D eigenvalue weighted by Gasteiger charge is -2.21. The predicted octanol–water partition coefficient (Wildman–Crippen LogP) is 4.97. The molecule has 0 amide bonds. The average Bonchev–Trinajstić information content (AvgIpc) is 3.64. The molecule has 0 aliphatic heterocycles. The third kappa shape index (κ3) is 7.54. The van der Waals surface area contributed by atoms with Crippen LogP contribution in [0.25, 0.3) is 11.0 Å². The first-order chi connectivity index (χ1) is 18.6. The molecule has 8 nitrogen and oxygen atoms in total. The summed E-state index contributed by atoms with van der Waals surface area (Å²) in [4.78, 5) is 21.1. The highest BCUT2D eigenvalue weighted by Gasteiger charge is 2.19. The Kier molecular flexibility index (Phi) is 10.5. The third-order valence-electron chi connectivity index (χ3n) is 7.24. The molecule has 3 heterocycles. The summed E-state index contributed by atoms with van der Waals surface area (Å²) in [6, 6.07) is 6.90. The van der Waals surface area contributed by atoms with E-state index in [1.54, 1.807) is 0 Å². The standard InChI is InChI=1S/C30H46N8/c1-5-16-36(17-6-2)19-9-8-10-29-34-26-12-11-25(21-27(26)38(29)18-7-3)22-37(23-28-31-13-14-32-28)24-30-33-15-20-35(30)4/h11-15,20-21H,5-10,16-19,22-24H2,1-4H3,(H,31,32)/p+1. The maximum absolute atomic E-state index is 4.56. The van der Waals surface area contributed by atoms with Crippen LogP contribution in [0.2, 0.25) is 0 Å². The van der Waals surface area contributed by atoms with E-state index >= 15 is 0 Å². The number of H-pyrrole nitrogens is 2. The Morgan fingerprint density at radius 1 is 0.895 bits per heavy atom. The lowest BCUT2D eigenvalue weighted by atomic mass is 10.1. The van der Waals surface area contributed by atoms with Crippen LogP contribution < -0.4 is 4.57 Å². The molecule has 0 aliphatic rings. The van der Waals surface area contributed by atoms with Crippen LogP contribution in [0.5, 0.6) is 0 Å². The van der Waals surface area contributed by atoms with Gasteiger partial charge in [0.2, 0.25) is 0 Å². The van der Waals surface area contributed by atoms with Crippen LogP contribution in [0, 0.1) is 0 Å². The van der Waals surface area contributed by atoms with Gasteiger partial charge in [-0.3, -0.25) is 4.90 Å². The summed E-state index contributed by atoms with van der Waals surface area (Å²) >= 11 is 0. The molecular weight excluding hydrogens is 472 g/mol. The maximum atomic E-state index is 4.56. The van der Waals surface area contributed by atoms with Crippen molar-refractivity contribution in [3.8, 4) is 0 Å². The van der Waals surface area contributed by atoms with Gasteiger partial charge in [-0.2, -0.15) is 0 Å². The topological polar surface area (TPSA) is 72.7 Å². The minimum atomic E-state index is 0.748. The van der Waals surface area contributed by atoms with Crippen LogP contribution in [-0.2, 0) is 39.6 Å². The number of rotatable bonds is 17. The first kappa shape index (κ1) is 28.0. The van der Waals surface area contributed by atoms with Crippen molar-refractivity contribution in [2.24, 2.45) is 7.05 Å². The van der Waals surface area contributed by atoms with Gasteiger partial charge in [-0.1, -0.05) is 26.8 Å². The van der Waals surface area contributed by atoms with Gasteiger partial charge < -0.3 is 14.5 Å². The molecule has 0 aliphatic carbocycles. The van der Waals surface area contributed by atoms with Gasteiger partial charge in [0.05, 0.1) is 19.6 Å². The Labute approximate surface area is 228 Å². The predicted molar refractivity (Wildman–Crippen MR) is 153 cm³/mol. The molecule has 0 saturated carbocycles. The van der Waals surface area contributed by atoms with Crippen molar-refractivity contribution >= 4 is 11.0 Å². The number of fused-ring (bicyclic) bond motifs is 1. The number of aromatic amines is 2. The van der Waals surface area contributed by atoms with Crippen LogP contribution in [-0.4, -0.2) is 53.9 Å². The number of hydrogen-bond donors (Lipinski definition) is 2. The van der Waals surface area contributed by atoms with E-state index in [1.165, 1.54) is 67.7 Å². The first-order valence-electron chi connectivity index (χ1n) is 14.5. The number of hydrogen-bond acceptors (Lipinski definition) is 4. The van der Waals surface area contributed by atoms with Crippen LogP contribution in [0.1, 0.15) is 75.9 Å². The first-order valence-corrected chi connectivity index (χ1v) is 14.5. The van der Waals surface area contributed by atoms with Gasteiger partial charge in [0.1, 0.15) is 11.6 Å². The fraction of sp³-hybridized carbons (Fsp3) is 0.567. The molecule has 0 bridgehead atoms. The molecule has 4 aromatic rings. The zero-order valence-electron chi connectivity index (χ0n) is 23.9. The summed E-state index contributed by atoms with van der Waals surface area (Å²) in [5.74, 6) is 3.39. The Morgan fingerprint density at radius 2 is 1.74 bits per heavy atom. The van der Waals surface area contributed by atoms with Crippen LogP contribution in [0.4, 0.5) is 0 Å². The zero-order chi connectivity index (χ0) is 26.7. The SMILES string of the molecule is CCCN(CCC)CCCCc1[nH]c2ccc(CN(Cc3ncc[nH]3)Cc3nccn3C)cc2[n+]1CCC. The maximum Gasteiger partial charge on any atom is 0.255 e. The molecule has 0 unspecified atom stereocenters. The summed E-state index contributed by atoms with van der Waals surface area (Å²) in [6.07, 6.45) is 14.7. The van der Waals surface area contributed by atoms with Gasteiger partial charge in [0.15, 0.2) is 11.0 Å². The summed E-state index contributed by atoms with van der Waals surface area (Å²) in [5, 5.41) is 0. The zero-order valence-corrected chi connectivity index (χ0v) is 23.9. The lowest BCUT2D eigenvalue weighted by Crippen LogP contribution is -2.37. The normalized spacial score (nSPS) is 11.9. The lowest BCUT2D eigenvalue weighted by molar-refractivity contribution is -0.678. The molecule has 8 heteroatoms. The van der Waals surface area contributed by atoms with Gasteiger partial charge in [0.25, 0.3) is 5.82 Å². The van der Waals surface area contributed by atoms with Crippen molar-refractivity contribution in [2.75, 3.05) is 19.6 Å². The second-order valence-electron chi connectivity index (χ2n) is 10.5. The number of nitrogens with one attached hydrogen (secondary N) is 2. The molecule has 1 aromatic carbocycles. The highest BCUT2D eigenvalue weighted by atomic mass is 15.2. The summed E-state index contributed by atoms with van der Waals surface area (Å²) in [7, 11) is 2.06. The van der Waals surface area contributed by atoms with Crippen molar-refractivity contribution in [1.82, 2.24) is 34.3 Å². The van der Waals surface area contributed by atoms with E-state index in [-0.39, 0.29) is 0 Å². The molecule has 0 fully saturated rings. The van der Waals surface area contributed by atoms with Gasteiger partial charge >= 0.3 is 0 Å². The smallest absolute Gasteiger partial charge is 0.255 e. The Hall–Kier alpha value is -2.97. The minimum Gasteiger partial charge on any atom is -0.348 e. The van der Waals surface area contributed by atoms with E-state index in [2.05, 4.69) is 84.9 Å². The van der Waals surface area contributed by atoms with E-state index in [1.807, 2.05) is 24.8 Å². The molecule has 206 valence electrons. The van der Waals surface area contributed by atoms with Gasteiger partial charge in [-0.25, -0.2) is 19.5 Å². The average molecular weight is 520 g/mol. The Morgan fingerprint density at radius 3 is 2.42 bits per heavy atom. The minimum absolute atomic E-state index is 0.748. The number of benzene rings is 1. The molecule has 0 atom stereocenters. The molecule has 3 aromatic heterocycles. The summed E-state index contributed by atoms with van der Waals surface area (Å²) in [5.41, 5.74) is 3.86. The number of aryl methyl sites for hydroxylation is 3. The molecular formula is C30H47N8+. The highest BCUT2D eigenvalue weighted by Crippen LogP contribution is 2.18. The molecule has 0 radical (unpaired) electrons. The van der Waals surface area contributed by atoms with Gasteiger partial charge in [-0.05, 0) is 69.4 Å². The fourth-order valence-corrected chi connectivity index (χ4v) is 5.42. The van der Waals surface area contributed by atoms with E-state index in [0.717, 1.165) is 50.7 Å². The molecule has 4 rings (SSSR count). The number of aromatic nitrogens is 6. The fourth-order valence-electron chi connectivity index (χ4n) is 5.42. The van der Waals surface area contributed by atoms with Crippen molar-refractivity contribution in [3.63, 3.8) is 0 Å². The van der Waals surface area contributed by atoms with E-state index in [0.29, 0.717) is 0 Å². The highest BCUT2D eigenvalue weighted by molar-refractivity contribution is 5.72. The van der Waals surface area contributed by atoms with E-state index < -0.39 is 0 Å². The Bertz CT molecular complexity index is 1220. The quantitative estimate of drug-likeness (QED) is 0.153. The second-order valence-corrected chi connectivity index (χ2v) is 10.5. The van der Waals surface area contributed by atoms with Crippen molar-refractivity contribution in [3.05, 3.63) is 66.0 Å². The Balaban J connectivity index is 1.48. The van der Waals surface area contributed by atoms with E-state index in [9.17, 15) is 0 Å².